The van der Waals surface area contributed by atoms with Gasteiger partial charge in [-0.25, -0.2) is 9.59 Å². The maximum Gasteiger partial charge on any atom is 0.408 e. The third-order valence-corrected chi connectivity index (χ3v) is 5.70. The van der Waals surface area contributed by atoms with Crippen molar-refractivity contribution in [2.45, 2.75) is 58.0 Å². The van der Waals surface area contributed by atoms with Gasteiger partial charge in [0.2, 0.25) is 0 Å². The third kappa shape index (κ3) is 9.91. The molecule has 0 unspecified atom stereocenters. The minimum absolute atomic E-state index is 0.0786. The van der Waals surface area contributed by atoms with Crippen molar-refractivity contribution in [3.8, 4) is 17.2 Å². The Balaban J connectivity index is 1.72. The number of ether oxygens (including phenoxy) is 4. The van der Waals surface area contributed by atoms with Crippen molar-refractivity contribution in [3.63, 3.8) is 0 Å². The van der Waals surface area contributed by atoms with Gasteiger partial charge in [-0.1, -0.05) is 48.5 Å². The Morgan fingerprint density at radius 3 is 2.17 bits per heavy atom. The van der Waals surface area contributed by atoms with Crippen LogP contribution in [0.4, 0.5) is 4.79 Å². The smallest absolute Gasteiger partial charge is 0.408 e. The zero-order valence-corrected chi connectivity index (χ0v) is 23.3. The van der Waals surface area contributed by atoms with E-state index in [1.807, 2.05) is 30.3 Å². The van der Waals surface area contributed by atoms with Gasteiger partial charge >= 0.3 is 12.1 Å². The van der Waals surface area contributed by atoms with Gasteiger partial charge in [-0.3, -0.25) is 0 Å². The van der Waals surface area contributed by atoms with Crippen molar-refractivity contribution in [2.75, 3.05) is 13.7 Å². The molecule has 0 aliphatic heterocycles. The van der Waals surface area contributed by atoms with Crippen LogP contribution >= 0.6 is 0 Å². The Labute approximate surface area is 234 Å². The second kappa shape index (κ2) is 14.3. The molecule has 0 saturated heterocycles. The Hall–Kier alpha value is -4.08. The van der Waals surface area contributed by atoms with E-state index in [9.17, 15) is 14.7 Å². The minimum Gasteiger partial charge on any atom is -0.493 e. The van der Waals surface area contributed by atoms with Gasteiger partial charge in [0.15, 0.2) is 11.5 Å². The Kier molecular flexibility index (Phi) is 10.9. The molecule has 3 aromatic carbocycles. The van der Waals surface area contributed by atoms with Crippen molar-refractivity contribution in [1.82, 2.24) is 5.32 Å². The molecule has 0 radical (unpaired) electrons. The molecule has 0 aliphatic carbocycles. The predicted molar refractivity (Wildman–Crippen MR) is 149 cm³/mol. The maximum absolute atomic E-state index is 13.0. The molecule has 0 spiro atoms. The van der Waals surface area contributed by atoms with Gasteiger partial charge < -0.3 is 34.5 Å². The van der Waals surface area contributed by atoms with Gasteiger partial charge in [0.05, 0.1) is 19.8 Å². The maximum atomic E-state index is 13.0. The number of alkyl carbamates (subject to hydrolysis) is 1. The van der Waals surface area contributed by atoms with Crippen molar-refractivity contribution < 1.29 is 38.7 Å². The molecular formula is C31H37NO8. The number of carbonyl (C=O) groups is 2. The molecule has 0 aliphatic rings. The zero-order chi connectivity index (χ0) is 29.1. The first-order chi connectivity index (χ1) is 19.1. The van der Waals surface area contributed by atoms with Crippen LogP contribution in [-0.2, 0) is 33.7 Å². The lowest BCUT2D eigenvalue weighted by molar-refractivity contribution is -0.147. The summed E-state index contributed by atoms with van der Waals surface area (Å²) in [5.41, 5.74) is 1.64. The number of aliphatic hydroxyl groups is 2. The summed E-state index contributed by atoms with van der Waals surface area (Å²) in [6.45, 7) is 4.97. The molecule has 2 atom stereocenters. The molecule has 9 heteroatoms. The fourth-order valence-electron chi connectivity index (χ4n) is 3.79. The molecule has 0 bridgehead atoms. The van der Waals surface area contributed by atoms with E-state index < -0.39 is 29.8 Å². The lowest BCUT2D eigenvalue weighted by Crippen LogP contribution is -2.45. The lowest BCUT2D eigenvalue weighted by Gasteiger charge is -2.23. The molecule has 3 N–H and O–H groups in total. The first kappa shape index (κ1) is 30.5. The summed E-state index contributed by atoms with van der Waals surface area (Å²) >= 11 is 0. The van der Waals surface area contributed by atoms with E-state index >= 15 is 0 Å². The number of amides is 1. The summed E-state index contributed by atoms with van der Waals surface area (Å²) in [5.74, 6) is 0.896. The van der Waals surface area contributed by atoms with Gasteiger partial charge in [0, 0.05) is 12.8 Å². The number of benzene rings is 3. The molecule has 3 aromatic rings. The quantitative estimate of drug-likeness (QED) is 0.280. The monoisotopic (exact) mass is 551 g/mol. The van der Waals surface area contributed by atoms with Crippen molar-refractivity contribution in [2.24, 2.45) is 0 Å². The molecular weight excluding hydrogens is 514 g/mol. The summed E-state index contributed by atoms with van der Waals surface area (Å²) in [6.07, 6.45) is -1.15. The number of carbonyl (C=O) groups excluding carboxylic acids is 2. The van der Waals surface area contributed by atoms with Crippen molar-refractivity contribution >= 4 is 12.1 Å². The number of rotatable bonds is 12. The van der Waals surface area contributed by atoms with Crippen LogP contribution in [0.1, 0.15) is 37.5 Å². The van der Waals surface area contributed by atoms with E-state index in [2.05, 4.69) is 5.32 Å². The second-order valence-electron chi connectivity index (χ2n) is 10.3. The number of aliphatic hydroxyl groups excluding tert-OH is 2. The van der Waals surface area contributed by atoms with Crippen LogP contribution in [0.15, 0.2) is 72.8 Å². The van der Waals surface area contributed by atoms with Crippen molar-refractivity contribution in [1.29, 1.82) is 0 Å². The summed E-state index contributed by atoms with van der Waals surface area (Å²) in [7, 11) is 1.53. The number of methoxy groups -OCH3 is 1. The van der Waals surface area contributed by atoms with Gasteiger partial charge in [0.1, 0.15) is 24.0 Å². The molecule has 0 heterocycles. The van der Waals surface area contributed by atoms with Crippen LogP contribution < -0.4 is 14.8 Å². The third-order valence-electron chi connectivity index (χ3n) is 5.70. The highest BCUT2D eigenvalue weighted by Crippen LogP contribution is 2.33. The lowest BCUT2D eigenvalue weighted by atomic mass is 10.1. The second-order valence-corrected chi connectivity index (χ2v) is 10.3. The Bertz CT molecular complexity index is 1240. The summed E-state index contributed by atoms with van der Waals surface area (Å²) in [5, 5.41) is 21.5. The molecule has 0 fully saturated rings. The average Bonchev–Trinajstić information content (AvgIpc) is 2.92. The Morgan fingerprint density at radius 2 is 1.55 bits per heavy atom. The highest BCUT2D eigenvalue weighted by atomic mass is 16.6. The molecule has 40 heavy (non-hydrogen) atoms. The summed E-state index contributed by atoms with van der Waals surface area (Å²) in [6, 6.07) is 20.6. The van der Waals surface area contributed by atoms with Crippen LogP contribution in [-0.4, -0.2) is 53.7 Å². The number of hydrogen-bond acceptors (Lipinski definition) is 8. The number of nitrogens with one attached hydrogen (secondary N) is 1. The normalized spacial score (nSPS) is 12.7. The van der Waals surface area contributed by atoms with Crippen LogP contribution in [0.2, 0.25) is 0 Å². The molecule has 214 valence electrons. The van der Waals surface area contributed by atoms with Crippen LogP contribution in [0.25, 0.3) is 0 Å². The molecule has 9 nitrogen and oxygen atoms in total. The number of esters is 1. The fraction of sp³-hybridized carbons (Fsp3) is 0.355. The molecule has 1 amide bonds. The standard InChI is InChI=1S/C31H37NO8/c1-31(2,3)40-30(36)32-26(29(35)38-20-22-8-6-5-7-9-22)17-21-10-13-25(14-11-21)39-28-18-23(16-24(34)19-33)12-15-27(28)37-4/h5-15,18,24,26,33-34H,16-17,19-20H2,1-4H3,(H,32,36)/t24-,26+/m1/s1. The first-order valence-electron chi connectivity index (χ1n) is 13.0. The van der Waals surface area contributed by atoms with Gasteiger partial charge in [-0.05, 0) is 61.7 Å². The highest BCUT2D eigenvalue weighted by molar-refractivity contribution is 5.81. The number of hydrogen-bond donors (Lipinski definition) is 3. The first-order valence-corrected chi connectivity index (χ1v) is 13.0. The molecule has 0 aromatic heterocycles. The van der Waals surface area contributed by atoms with Crippen LogP contribution in [0, 0.1) is 0 Å². The Morgan fingerprint density at radius 1 is 0.875 bits per heavy atom. The van der Waals surface area contributed by atoms with Crippen LogP contribution in [0.3, 0.4) is 0 Å². The zero-order valence-electron chi connectivity index (χ0n) is 23.3. The van der Waals surface area contributed by atoms with Gasteiger partial charge in [-0.2, -0.15) is 0 Å². The largest absolute Gasteiger partial charge is 0.493 e. The van der Waals surface area contributed by atoms with E-state index in [1.165, 1.54) is 7.11 Å². The topological polar surface area (TPSA) is 124 Å². The van der Waals surface area contributed by atoms with Gasteiger partial charge in [-0.15, -0.1) is 0 Å². The van der Waals surface area contributed by atoms with Crippen LogP contribution in [0.5, 0.6) is 17.2 Å². The minimum atomic E-state index is -0.972. The van der Waals surface area contributed by atoms with E-state index in [0.29, 0.717) is 17.2 Å². The van der Waals surface area contributed by atoms with E-state index in [4.69, 9.17) is 24.1 Å². The van der Waals surface area contributed by atoms with Gasteiger partial charge in [0.25, 0.3) is 0 Å². The van der Waals surface area contributed by atoms with Crippen molar-refractivity contribution in [3.05, 3.63) is 89.5 Å². The molecule has 0 saturated carbocycles. The van der Waals surface area contributed by atoms with E-state index in [1.54, 1.807) is 63.2 Å². The summed E-state index contributed by atoms with van der Waals surface area (Å²) in [4.78, 5) is 25.4. The SMILES string of the molecule is COc1ccc(C[C@@H](O)CO)cc1Oc1ccc(C[C@H](NC(=O)OC(C)(C)C)C(=O)OCc2ccccc2)cc1. The highest BCUT2D eigenvalue weighted by Gasteiger charge is 2.26. The molecule has 3 rings (SSSR count). The van der Waals surface area contributed by atoms with E-state index in [0.717, 1.165) is 16.7 Å². The van der Waals surface area contributed by atoms with E-state index in [-0.39, 0.29) is 26.1 Å². The fourth-order valence-corrected chi connectivity index (χ4v) is 3.79. The predicted octanol–water partition coefficient (Wildman–Crippen LogP) is 4.56. The summed E-state index contributed by atoms with van der Waals surface area (Å²) < 4.78 is 22.2. The average molecular weight is 552 g/mol.